The lowest BCUT2D eigenvalue weighted by atomic mass is 10.0. The zero-order chi connectivity index (χ0) is 30.4. The minimum absolute atomic E-state index is 0.0949. The van der Waals surface area contributed by atoms with Gasteiger partial charge in [0.15, 0.2) is 5.96 Å². The number of nitrogens with two attached hydrogens (primary N) is 2. The molecule has 1 unspecified atom stereocenters. The molecule has 4 atom stereocenters. The Morgan fingerprint density at radius 3 is 1.93 bits per heavy atom. The molecule has 0 aliphatic heterocycles. The number of ether oxygens (including phenoxy) is 1. The number of carboxylic acids is 1. The summed E-state index contributed by atoms with van der Waals surface area (Å²) in [5, 5.41) is 29.0. The number of guanidine groups is 1. The van der Waals surface area contributed by atoms with Gasteiger partial charge in [-0.15, -0.1) is 0 Å². The number of rotatable bonds is 15. The maximum absolute atomic E-state index is 13.5. The minimum Gasteiger partial charge on any atom is -0.480 e. The van der Waals surface area contributed by atoms with E-state index in [9.17, 15) is 24.6 Å². The van der Waals surface area contributed by atoms with Crippen LogP contribution in [0.25, 0.3) is 0 Å². The first kappa shape index (κ1) is 33.0. The molecule has 0 saturated carbocycles. The van der Waals surface area contributed by atoms with E-state index in [0.29, 0.717) is 6.42 Å². The summed E-state index contributed by atoms with van der Waals surface area (Å²) in [7, 11) is 0. The Balaban J connectivity index is 2.23. The average molecular weight is 571 g/mol. The Labute approximate surface area is 240 Å². The summed E-state index contributed by atoms with van der Waals surface area (Å²) in [5.74, 6) is -1.84. The lowest BCUT2D eigenvalue weighted by Crippen LogP contribution is -2.58. The third kappa shape index (κ3) is 13.2. The number of aliphatic hydroxyl groups is 1. The third-order valence-corrected chi connectivity index (χ3v) is 5.92. The molecule has 0 spiro atoms. The third-order valence-electron chi connectivity index (χ3n) is 5.92. The van der Waals surface area contributed by atoms with Gasteiger partial charge in [-0.3, -0.25) is 19.9 Å². The van der Waals surface area contributed by atoms with Crippen molar-refractivity contribution in [3.63, 3.8) is 0 Å². The monoisotopic (exact) mass is 570 g/mol. The van der Waals surface area contributed by atoms with E-state index in [1.807, 2.05) is 36.4 Å². The van der Waals surface area contributed by atoms with E-state index in [1.165, 1.54) is 0 Å². The highest BCUT2D eigenvalue weighted by molar-refractivity contribution is 5.86. The maximum atomic E-state index is 13.5. The predicted octanol–water partition coefficient (Wildman–Crippen LogP) is 1.26. The van der Waals surface area contributed by atoms with Crippen LogP contribution in [0.5, 0.6) is 0 Å². The fraction of sp³-hybridized carbons (Fsp3) is 0.448. The van der Waals surface area contributed by atoms with E-state index in [1.54, 1.807) is 45.0 Å². The van der Waals surface area contributed by atoms with Crippen LogP contribution in [0.3, 0.4) is 0 Å². The molecule has 12 nitrogen and oxygen atoms in total. The van der Waals surface area contributed by atoms with Crippen LogP contribution in [0.2, 0.25) is 0 Å². The van der Waals surface area contributed by atoms with Crippen LogP contribution in [0.15, 0.2) is 65.7 Å². The van der Waals surface area contributed by atoms with Crippen LogP contribution in [0.1, 0.15) is 44.7 Å². The quantitative estimate of drug-likeness (QED) is 0.0712. The number of aliphatic imine (C=N–C) groups is 1. The minimum atomic E-state index is -1.44. The first-order valence-corrected chi connectivity index (χ1v) is 13.4. The van der Waals surface area contributed by atoms with Crippen LogP contribution in [0.4, 0.5) is 4.79 Å². The first-order valence-electron chi connectivity index (χ1n) is 13.4. The summed E-state index contributed by atoms with van der Waals surface area (Å²) in [6.07, 6.45) is -1.37. The molecule has 0 fully saturated rings. The van der Waals surface area contributed by atoms with Gasteiger partial charge in [0, 0.05) is 13.0 Å². The van der Waals surface area contributed by atoms with E-state index in [-0.39, 0.29) is 31.8 Å². The molecule has 0 saturated heterocycles. The van der Waals surface area contributed by atoms with Gasteiger partial charge in [-0.25, -0.2) is 4.79 Å². The number of aliphatic carboxylic acids is 1. The molecule has 2 aromatic carbocycles. The topological polar surface area (TPSA) is 201 Å². The number of carbonyl (C=O) groups excluding carboxylic acids is 2. The fourth-order valence-electron chi connectivity index (χ4n) is 4.01. The molecule has 0 aliphatic carbocycles. The van der Waals surface area contributed by atoms with E-state index < -0.39 is 47.9 Å². The molecule has 0 aromatic heterocycles. The number of carbonyl (C=O) groups is 3. The van der Waals surface area contributed by atoms with Crippen molar-refractivity contribution in [2.75, 3.05) is 6.54 Å². The molecule has 0 radical (unpaired) electrons. The number of carboxylic acid groups (broad SMARTS) is 1. The van der Waals surface area contributed by atoms with Crippen molar-refractivity contribution in [1.29, 1.82) is 0 Å². The van der Waals surface area contributed by atoms with Crippen LogP contribution >= 0.6 is 0 Å². The Morgan fingerprint density at radius 2 is 1.44 bits per heavy atom. The second-order valence-corrected chi connectivity index (χ2v) is 10.6. The van der Waals surface area contributed by atoms with Gasteiger partial charge >= 0.3 is 12.1 Å². The number of hydrogen-bond acceptors (Lipinski definition) is 7. The van der Waals surface area contributed by atoms with Crippen molar-refractivity contribution in [3.05, 3.63) is 71.8 Å². The fourth-order valence-corrected chi connectivity index (χ4v) is 4.01. The van der Waals surface area contributed by atoms with Crippen molar-refractivity contribution in [1.82, 2.24) is 16.0 Å². The molecular weight excluding hydrogens is 528 g/mol. The van der Waals surface area contributed by atoms with Gasteiger partial charge in [0.25, 0.3) is 0 Å². The zero-order valence-corrected chi connectivity index (χ0v) is 23.7. The van der Waals surface area contributed by atoms with Crippen molar-refractivity contribution in [3.8, 4) is 0 Å². The summed E-state index contributed by atoms with van der Waals surface area (Å²) in [6.45, 7) is 5.36. The molecule has 2 amide bonds. The summed E-state index contributed by atoms with van der Waals surface area (Å²) in [4.78, 5) is 42.0. The standard InChI is InChI=1S/C29H42N6O6/c1-29(2,3)41-28(40)35-22(17-19-11-6-4-7-12-19)25(37)33-21(15-10-16-32-27(30)31)24(36)34-23(26(38)39)18-20-13-8-5-9-14-20/h4-9,11-14,21-24,34,36H,10,15-18H2,1-3H3,(H,33,37)(H,35,40)(H,38,39)(H4,30,31,32)/t21-,22+,23+,24?/m1/s1. The van der Waals surface area contributed by atoms with Crippen LogP contribution in [0, 0.1) is 0 Å². The molecule has 224 valence electrons. The zero-order valence-electron chi connectivity index (χ0n) is 23.7. The van der Waals surface area contributed by atoms with E-state index in [0.717, 1.165) is 11.1 Å². The largest absolute Gasteiger partial charge is 0.480 e. The molecule has 2 rings (SSSR count). The van der Waals surface area contributed by atoms with Crippen molar-refractivity contribution in [2.24, 2.45) is 16.5 Å². The summed E-state index contributed by atoms with van der Waals surface area (Å²) in [6, 6.07) is 15.0. The average Bonchev–Trinajstić information content (AvgIpc) is 2.89. The van der Waals surface area contributed by atoms with Crippen LogP contribution < -0.4 is 27.4 Å². The number of nitrogens with one attached hydrogen (secondary N) is 3. The normalized spacial score (nSPS) is 14.1. The molecular formula is C29H42N6O6. The lowest BCUT2D eigenvalue weighted by Gasteiger charge is -2.30. The molecule has 2 aromatic rings. The second kappa shape index (κ2) is 16.2. The molecule has 12 heteroatoms. The number of hydrogen-bond donors (Lipinski definition) is 7. The highest BCUT2D eigenvalue weighted by Gasteiger charge is 2.31. The van der Waals surface area contributed by atoms with Gasteiger partial charge in [0.05, 0.1) is 6.04 Å². The van der Waals surface area contributed by atoms with E-state index in [2.05, 4.69) is 20.9 Å². The molecule has 0 aliphatic rings. The van der Waals surface area contributed by atoms with Crippen molar-refractivity contribution >= 4 is 23.9 Å². The summed E-state index contributed by atoms with van der Waals surface area (Å²) in [5.41, 5.74) is 11.6. The molecule has 0 bridgehead atoms. The number of benzene rings is 2. The van der Waals surface area contributed by atoms with Crippen molar-refractivity contribution in [2.45, 2.75) is 76.4 Å². The van der Waals surface area contributed by atoms with Gasteiger partial charge in [0.1, 0.15) is 23.9 Å². The Bertz CT molecular complexity index is 1140. The summed E-state index contributed by atoms with van der Waals surface area (Å²) < 4.78 is 5.35. The van der Waals surface area contributed by atoms with Gasteiger partial charge in [-0.1, -0.05) is 60.7 Å². The van der Waals surface area contributed by atoms with Gasteiger partial charge < -0.3 is 37.1 Å². The Hall–Kier alpha value is -4.16. The van der Waals surface area contributed by atoms with Crippen LogP contribution in [-0.2, 0) is 27.2 Å². The molecule has 41 heavy (non-hydrogen) atoms. The van der Waals surface area contributed by atoms with Crippen LogP contribution in [-0.4, -0.2) is 70.6 Å². The first-order chi connectivity index (χ1) is 19.3. The van der Waals surface area contributed by atoms with Gasteiger partial charge in [-0.05, 0) is 51.2 Å². The van der Waals surface area contributed by atoms with E-state index >= 15 is 0 Å². The number of amides is 2. The Kier molecular flexibility index (Phi) is 13.0. The second-order valence-electron chi connectivity index (χ2n) is 10.6. The number of nitrogens with zero attached hydrogens (tertiary/aromatic N) is 1. The lowest BCUT2D eigenvalue weighted by molar-refractivity contribution is -0.140. The highest BCUT2D eigenvalue weighted by atomic mass is 16.6. The SMILES string of the molecule is CC(C)(C)OC(=O)N[C@@H](Cc1ccccc1)C(=O)N[C@H](CCCN=C(N)N)C(O)N[C@@H](Cc1ccccc1)C(=O)O. The predicted molar refractivity (Wildman–Crippen MR) is 156 cm³/mol. The number of aliphatic hydroxyl groups excluding tert-OH is 1. The van der Waals surface area contributed by atoms with E-state index in [4.69, 9.17) is 16.2 Å². The van der Waals surface area contributed by atoms with Gasteiger partial charge in [-0.2, -0.15) is 0 Å². The van der Waals surface area contributed by atoms with Crippen molar-refractivity contribution < 1.29 is 29.3 Å². The molecule has 9 N–H and O–H groups in total. The highest BCUT2D eigenvalue weighted by Crippen LogP contribution is 2.11. The number of alkyl carbamates (subject to hydrolysis) is 1. The summed E-state index contributed by atoms with van der Waals surface area (Å²) >= 11 is 0. The Morgan fingerprint density at radius 1 is 0.902 bits per heavy atom. The van der Waals surface area contributed by atoms with Gasteiger partial charge in [0.2, 0.25) is 5.91 Å². The molecule has 0 heterocycles. The smallest absolute Gasteiger partial charge is 0.408 e. The maximum Gasteiger partial charge on any atom is 0.408 e.